The number of barbiturate groups is 3. The van der Waals surface area contributed by atoms with Crippen LogP contribution in [0.5, 0.6) is 0 Å². The highest BCUT2D eigenvalue weighted by Gasteiger charge is 2.67. The van der Waals surface area contributed by atoms with E-state index in [0.717, 1.165) is 52.0 Å². The van der Waals surface area contributed by atoms with Crippen molar-refractivity contribution in [2.45, 2.75) is 139 Å². The van der Waals surface area contributed by atoms with Crippen LogP contribution >= 0.6 is 35.3 Å². The van der Waals surface area contributed by atoms with Gasteiger partial charge in [-0.25, -0.2) is 27.6 Å². The average molecular weight is 1710 g/mol. The molecule has 15 amide bonds. The zero-order valence-electron chi connectivity index (χ0n) is 65.1. The van der Waals surface area contributed by atoms with Gasteiger partial charge in [-0.1, -0.05) is 142 Å². The smallest absolute Gasteiger partial charge is 0.328 e. The number of halogens is 3. The van der Waals surface area contributed by atoms with Crippen molar-refractivity contribution >= 4 is 172 Å². The second-order valence-electron chi connectivity index (χ2n) is 32.2. The van der Waals surface area contributed by atoms with Crippen molar-refractivity contribution in [2.75, 3.05) is 67.1 Å². The van der Waals surface area contributed by atoms with Crippen LogP contribution in [-0.4, -0.2) is 183 Å². The van der Waals surface area contributed by atoms with E-state index in [1.807, 2.05) is 112 Å². The molecule has 21 rings (SSSR count). The number of amides is 15. The number of fused-ring (bicyclic) bond motifs is 15. The summed E-state index contributed by atoms with van der Waals surface area (Å²) in [5.74, 6) is -5.18. The van der Waals surface area contributed by atoms with Gasteiger partial charge in [-0.2, -0.15) is 0 Å². The van der Waals surface area contributed by atoms with Gasteiger partial charge in [0.2, 0.25) is 52.2 Å². The highest BCUT2D eigenvalue weighted by atomic mass is 32.2. The van der Waals surface area contributed by atoms with Crippen LogP contribution < -0.4 is 61.3 Å². The highest BCUT2D eigenvalue weighted by molar-refractivity contribution is 8.15. The molecule has 0 aliphatic carbocycles. The SMILES string of the molecule is C[C@@H]1CN2c3c(cc4c(N5C(=O)SC[C@@H]5Cc5ccccc5)noc4c3F)CC3(C(=O)NC(=O)NC3=O)[C@H]2[C@H](C)O1.C[C@@H]1CN2c3c(cc4c(N5C(=O)SC[C@@H]5c5ccccc5)noc4c3F)CC3(C(=O)NC(=O)NC3=O)[C@H]2[C@H](C)O1.C[C@@H]1CN2c3c(cc4c(N5C[C@H](c6ccccc6)SC5=O)noc4c3F)CC3(C(=O)NC(=O)NC3=O)[C@H]2[C@H](C)O1. The fraction of sp³-hybridized carbons (Fsp3) is 0.378. The van der Waals surface area contributed by atoms with Crippen molar-refractivity contribution in [3.8, 4) is 0 Å². The predicted molar refractivity (Wildman–Crippen MR) is 432 cm³/mol. The molecular weight excluding hydrogens is 1640 g/mol. The summed E-state index contributed by atoms with van der Waals surface area (Å²) >= 11 is 3.44. The zero-order chi connectivity index (χ0) is 84.5. The van der Waals surface area contributed by atoms with Crippen molar-refractivity contribution in [3.63, 3.8) is 0 Å². The van der Waals surface area contributed by atoms with Gasteiger partial charge in [0.25, 0.3) is 15.7 Å². The van der Waals surface area contributed by atoms with Crippen LogP contribution in [0.3, 0.4) is 0 Å². The number of carbonyl (C=O) groups excluding carboxylic acids is 12. The first kappa shape index (κ1) is 78.9. The van der Waals surface area contributed by atoms with E-state index in [2.05, 4.69) is 47.4 Å². The highest BCUT2D eigenvalue weighted by Crippen LogP contribution is 2.56. The van der Waals surface area contributed by atoms with Crippen molar-refractivity contribution in [1.29, 1.82) is 0 Å². The Balaban J connectivity index is 0.000000120. The average Bonchev–Trinajstić information content (AvgIpc) is 1.68. The summed E-state index contributed by atoms with van der Waals surface area (Å²) < 4.78 is 83.8. The molecule has 3 aromatic heterocycles. The first-order valence-corrected chi connectivity index (χ1v) is 42.1. The third kappa shape index (κ3) is 12.3. The minimum atomic E-state index is -1.76. The zero-order valence-corrected chi connectivity index (χ0v) is 67.6. The first-order valence-electron chi connectivity index (χ1n) is 39.2. The molecule has 0 bridgehead atoms. The molecule has 624 valence electrons. The Kier molecular flexibility index (Phi) is 19.2. The number of benzene rings is 6. The van der Waals surface area contributed by atoms with Gasteiger partial charge in [-0.3, -0.25) is 89.8 Å². The number of urea groups is 3. The molecule has 6 N–H and O–H groups in total. The Morgan fingerprint density at radius 1 is 0.421 bits per heavy atom. The van der Waals surface area contributed by atoms with E-state index >= 15 is 13.2 Å². The van der Waals surface area contributed by atoms with Crippen LogP contribution in [0, 0.1) is 33.7 Å². The van der Waals surface area contributed by atoms with Crippen molar-refractivity contribution in [1.82, 2.24) is 47.4 Å². The van der Waals surface area contributed by atoms with E-state index in [9.17, 15) is 57.5 Å². The molecule has 0 radical (unpaired) electrons. The molecule has 121 heavy (non-hydrogen) atoms. The van der Waals surface area contributed by atoms with Crippen molar-refractivity contribution in [3.05, 3.63) is 160 Å². The number of hydrogen-bond donors (Lipinski definition) is 6. The Labute approximate surface area is 696 Å². The Morgan fingerprint density at radius 3 is 1.17 bits per heavy atom. The number of nitrogens with one attached hydrogen (secondary N) is 6. The summed E-state index contributed by atoms with van der Waals surface area (Å²) in [4.78, 5) is 165. The van der Waals surface area contributed by atoms with Gasteiger partial charge in [0.1, 0.15) is 0 Å². The molecule has 6 aromatic carbocycles. The molecule has 9 saturated heterocycles. The van der Waals surface area contributed by atoms with Crippen LogP contribution in [0.2, 0.25) is 0 Å². The number of rotatable bonds is 7. The van der Waals surface area contributed by atoms with E-state index < -0.39 is 124 Å². The van der Waals surface area contributed by atoms with Gasteiger partial charge >= 0.3 is 18.1 Å². The number of anilines is 6. The third-order valence-corrected chi connectivity index (χ3v) is 27.9. The topological polar surface area (TPSA) is 402 Å². The molecule has 0 saturated carbocycles. The van der Waals surface area contributed by atoms with Crippen LogP contribution in [0.15, 0.2) is 123 Å². The summed E-state index contributed by atoms with van der Waals surface area (Å²) in [5.41, 5.74) is -1.04. The maximum absolute atomic E-state index is 16.4. The maximum Gasteiger partial charge on any atom is 0.328 e. The van der Waals surface area contributed by atoms with Crippen LogP contribution in [0.1, 0.15) is 86.2 Å². The van der Waals surface area contributed by atoms with E-state index in [-0.39, 0.29) is 158 Å². The first-order chi connectivity index (χ1) is 58.1. The molecule has 39 heteroatoms. The lowest BCUT2D eigenvalue weighted by Gasteiger charge is -2.55. The number of nitrogens with zero attached hydrogens (tertiary/aromatic N) is 9. The fourth-order valence-electron chi connectivity index (χ4n) is 20.2. The quantitative estimate of drug-likeness (QED) is 0.0808. The van der Waals surface area contributed by atoms with Crippen LogP contribution in [0.4, 0.5) is 76.5 Å². The monoisotopic (exact) mass is 1710 g/mol. The molecule has 15 heterocycles. The normalized spacial score (nSPS) is 27.4. The van der Waals surface area contributed by atoms with Gasteiger partial charge in [-0.05, 0) is 99.5 Å². The van der Waals surface area contributed by atoms with Crippen molar-refractivity contribution in [2.24, 2.45) is 16.2 Å². The number of carbonyl (C=O) groups is 12. The molecule has 9 aromatic rings. The number of thioether (sulfide) groups is 3. The molecule has 0 unspecified atom stereocenters. The van der Waals surface area contributed by atoms with Gasteiger partial charge in [0, 0.05) is 56.9 Å². The van der Waals surface area contributed by atoms with Crippen LogP contribution in [0.25, 0.3) is 32.9 Å². The number of ether oxygens (including phenoxy) is 3. The van der Waals surface area contributed by atoms with Crippen LogP contribution in [-0.2, 0) is 68.7 Å². The van der Waals surface area contributed by atoms with Gasteiger partial charge in [0.05, 0.1) is 105 Å². The minimum absolute atomic E-state index is 0.115. The molecule has 9 fully saturated rings. The number of morpholine rings is 3. The largest absolute Gasteiger partial charge is 0.372 e. The lowest BCUT2D eigenvalue weighted by Crippen LogP contribution is -2.75. The second-order valence-corrected chi connectivity index (χ2v) is 35.3. The molecule has 12 atom stereocenters. The Morgan fingerprint density at radius 2 is 0.769 bits per heavy atom. The van der Waals surface area contributed by atoms with E-state index in [1.165, 1.54) is 14.7 Å². The van der Waals surface area contributed by atoms with E-state index in [4.69, 9.17) is 27.8 Å². The van der Waals surface area contributed by atoms with E-state index in [1.54, 1.807) is 53.7 Å². The maximum atomic E-state index is 16.4. The molecule has 12 aliphatic heterocycles. The molecular formula is C82H74F3N15O18S3. The number of aromatic nitrogens is 3. The van der Waals surface area contributed by atoms with Gasteiger partial charge < -0.3 is 42.5 Å². The number of hydrogen-bond acceptors (Lipinski definition) is 27. The Bertz CT molecular complexity index is 5920. The summed E-state index contributed by atoms with van der Waals surface area (Å²) in [5, 5.41) is 25.7. The van der Waals surface area contributed by atoms with Gasteiger partial charge in [-0.15, -0.1) is 0 Å². The predicted octanol–water partition coefficient (Wildman–Crippen LogP) is 9.69. The minimum Gasteiger partial charge on any atom is -0.372 e. The fourth-order valence-corrected chi connectivity index (χ4v) is 23.2. The lowest BCUT2D eigenvalue weighted by molar-refractivity contribution is -0.154. The third-order valence-electron chi connectivity index (χ3n) is 24.9. The summed E-state index contributed by atoms with van der Waals surface area (Å²) in [6.07, 6.45) is -2.94. The molecule has 3 spiro atoms. The lowest BCUT2D eigenvalue weighted by atomic mass is 9.66. The second kappa shape index (κ2) is 29.5. The Hall–Kier alpha value is -11.9. The van der Waals surface area contributed by atoms with Gasteiger partial charge in [0.15, 0.2) is 51.2 Å². The summed E-state index contributed by atoms with van der Waals surface area (Å²) in [7, 11) is 0. The molecule has 33 nitrogen and oxygen atoms in total. The molecule has 12 aliphatic rings. The summed E-state index contributed by atoms with van der Waals surface area (Å²) in [6, 6.07) is 27.7. The van der Waals surface area contributed by atoms with Crippen molar-refractivity contribution < 1.29 is 98.5 Å². The standard InChI is InChI=1S/C28H26FN5O6S.2C27H24FN5O6S/c1-13-11-33-20-16(10-28(22(33)14(2)39-13)24(35)30-26(37)31-25(28)36)9-18-21(19(20)29)40-32-23(18)34-17(12-41-27(34)38)8-15-6-4-3-5-7-15;1-12-10-32-19-15(9-27(21(32)13(2)38-12)23(34)29-25(36)30-24(27)35)8-16-20(18(19)28)39-31-22(16)33-17(11-40-26(33)37)14-6-4-3-5-7-14;1-12-10-32-19-15(9-27(21(32)13(2)38-12)23(34)29-25(36)30-24(27)35)8-16-20(18(19)28)39-31-22(16)33-11-17(40-26(33)37)14-6-4-3-5-7-14/h3-7,9,13-14,17,22H,8,10-12H2,1-2H3,(H2,30,31,35,36,37);2*3-8,12-13,17,21H,9-11H2,1-2H3,(H2,29,30,34,35,36)/t13-,14+,17+,22-;2*12-,13+,17-,21-/m111/s1. The summed E-state index contributed by atoms with van der Waals surface area (Å²) in [6.45, 7) is 11.5. The number of imide groups is 6. The van der Waals surface area contributed by atoms with E-state index in [0.29, 0.717) is 41.2 Å².